The molecule has 0 aromatic carbocycles. The summed E-state index contributed by atoms with van der Waals surface area (Å²) in [5.74, 6) is 3.65. The summed E-state index contributed by atoms with van der Waals surface area (Å²) in [5.41, 5.74) is 0.751. The van der Waals surface area contributed by atoms with Gasteiger partial charge in [-0.3, -0.25) is 9.38 Å². The molecule has 0 saturated heterocycles. The van der Waals surface area contributed by atoms with E-state index in [1.165, 1.54) is 25.7 Å². The van der Waals surface area contributed by atoms with Crippen molar-refractivity contribution in [1.29, 1.82) is 0 Å². The molecule has 0 radical (unpaired) electrons. The van der Waals surface area contributed by atoms with Crippen LogP contribution in [0.1, 0.15) is 31.5 Å². The summed E-state index contributed by atoms with van der Waals surface area (Å²) in [4.78, 5) is 4.04. The molecule has 3 atom stereocenters. The fourth-order valence-corrected chi connectivity index (χ4v) is 4.10. The van der Waals surface area contributed by atoms with Gasteiger partial charge in [-0.05, 0) is 37.0 Å². The van der Waals surface area contributed by atoms with E-state index < -0.39 is 0 Å². The lowest BCUT2D eigenvalue weighted by Gasteiger charge is -2.20. The Kier molecular flexibility index (Phi) is 2.34. The number of nitrogens with zero attached hydrogens (tertiary/aromatic N) is 4. The SMILES string of the molecule is Clc1cncc2nnc(CC3CC4CCC3C4)n12. The lowest BCUT2D eigenvalue weighted by Crippen LogP contribution is -2.15. The Morgan fingerprint density at radius 1 is 1.22 bits per heavy atom. The van der Waals surface area contributed by atoms with Crippen molar-refractivity contribution in [3.8, 4) is 0 Å². The molecule has 3 unspecified atom stereocenters. The van der Waals surface area contributed by atoms with Crippen LogP contribution in [0.2, 0.25) is 5.15 Å². The fourth-order valence-electron chi connectivity index (χ4n) is 3.86. The minimum atomic E-state index is 0.607. The molecule has 5 heteroatoms. The molecule has 0 aliphatic heterocycles. The zero-order chi connectivity index (χ0) is 12.1. The number of hydrogen-bond acceptors (Lipinski definition) is 3. The van der Waals surface area contributed by atoms with E-state index in [-0.39, 0.29) is 0 Å². The molecule has 2 aliphatic carbocycles. The minimum Gasteiger partial charge on any atom is -0.266 e. The van der Waals surface area contributed by atoms with Gasteiger partial charge in [-0.15, -0.1) is 10.2 Å². The van der Waals surface area contributed by atoms with Gasteiger partial charge in [0.15, 0.2) is 5.65 Å². The van der Waals surface area contributed by atoms with Crippen molar-refractivity contribution in [2.75, 3.05) is 0 Å². The van der Waals surface area contributed by atoms with Gasteiger partial charge in [-0.25, -0.2) is 0 Å². The molecule has 2 bridgehead atoms. The van der Waals surface area contributed by atoms with Gasteiger partial charge in [-0.1, -0.05) is 18.0 Å². The molecule has 2 aliphatic rings. The van der Waals surface area contributed by atoms with Gasteiger partial charge >= 0.3 is 0 Å². The fraction of sp³-hybridized carbons (Fsp3) is 0.615. The van der Waals surface area contributed by atoms with Gasteiger partial charge in [0.1, 0.15) is 11.0 Å². The van der Waals surface area contributed by atoms with E-state index in [1.54, 1.807) is 12.4 Å². The maximum Gasteiger partial charge on any atom is 0.180 e. The van der Waals surface area contributed by atoms with E-state index in [1.807, 2.05) is 4.40 Å². The normalized spacial score (nSPS) is 30.4. The number of aromatic nitrogens is 4. The average molecular weight is 263 g/mol. The Morgan fingerprint density at radius 2 is 2.17 bits per heavy atom. The van der Waals surface area contributed by atoms with E-state index >= 15 is 0 Å². The molecule has 0 amide bonds. The van der Waals surface area contributed by atoms with Crippen molar-refractivity contribution < 1.29 is 0 Å². The van der Waals surface area contributed by atoms with Crippen LogP contribution >= 0.6 is 11.6 Å². The van der Waals surface area contributed by atoms with Crippen molar-refractivity contribution in [3.63, 3.8) is 0 Å². The van der Waals surface area contributed by atoms with Crippen LogP contribution in [0.3, 0.4) is 0 Å². The highest BCUT2D eigenvalue weighted by Crippen LogP contribution is 2.49. The van der Waals surface area contributed by atoms with E-state index in [2.05, 4.69) is 15.2 Å². The molecule has 0 spiro atoms. The van der Waals surface area contributed by atoms with Crippen LogP contribution in [0.4, 0.5) is 0 Å². The highest BCUT2D eigenvalue weighted by molar-refractivity contribution is 6.29. The summed E-state index contributed by atoms with van der Waals surface area (Å²) in [6.45, 7) is 0. The predicted molar refractivity (Wildman–Crippen MR) is 68.4 cm³/mol. The Bertz CT molecular complexity index is 594. The monoisotopic (exact) mass is 262 g/mol. The standard InChI is InChI=1S/C13H15ClN4/c14-11-6-15-7-13-17-16-12(18(11)13)5-10-4-8-1-2-9(10)3-8/h6-10H,1-5H2. The highest BCUT2D eigenvalue weighted by atomic mass is 35.5. The third kappa shape index (κ3) is 1.55. The lowest BCUT2D eigenvalue weighted by atomic mass is 9.86. The van der Waals surface area contributed by atoms with E-state index in [9.17, 15) is 0 Å². The first-order chi connectivity index (χ1) is 8.81. The van der Waals surface area contributed by atoms with Crippen LogP contribution in [0, 0.1) is 17.8 Å². The van der Waals surface area contributed by atoms with Crippen molar-refractivity contribution in [3.05, 3.63) is 23.4 Å². The van der Waals surface area contributed by atoms with Gasteiger partial charge in [0.2, 0.25) is 0 Å². The van der Waals surface area contributed by atoms with E-state index in [0.29, 0.717) is 5.15 Å². The molecule has 4 nitrogen and oxygen atoms in total. The summed E-state index contributed by atoms with van der Waals surface area (Å²) < 4.78 is 1.93. The summed E-state index contributed by atoms with van der Waals surface area (Å²) >= 11 is 6.19. The van der Waals surface area contributed by atoms with Crippen LogP contribution in [0.15, 0.2) is 12.4 Å². The predicted octanol–water partition coefficient (Wildman–Crippen LogP) is 2.76. The first kappa shape index (κ1) is 10.7. The third-order valence-electron chi connectivity index (χ3n) is 4.67. The summed E-state index contributed by atoms with van der Waals surface area (Å²) in [7, 11) is 0. The minimum absolute atomic E-state index is 0.607. The van der Waals surface area contributed by atoms with Gasteiger partial charge in [0, 0.05) is 6.42 Å². The molecule has 2 saturated carbocycles. The van der Waals surface area contributed by atoms with Crippen LogP contribution in [-0.4, -0.2) is 19.6 Å². The molecule has 2 fully saturated rings. The summed E-state index contributed by atoms with van der Waals surface area (Å²) in [6, 6.07) is 0. The van der Waals surface area contributed by atoms with Crippen molar-refractivity contribution in [2.45, 2.75) is 32.1 Å². The maximum atomic E-state index is 6.19. The number of hydrogen-bond donors (Lipinski definition) is 0. The third-order valence-corrected chi connectivity index (χ3v) is 4.94. The van der Waals surface area contributed by atoms with Crippen LogP contribution in [-0.2, 0) is 6.42 Å². The van der Waals surface area contributed by atoms with Gasteiger partial charge < -0.3 is 0 Å². The second kappa shape index (κ2) is 3.92. The second-order valence-electron chi connectivity index (χ2n) is 5.68. The quantitative estimate of drug-likeness (QED) is 0.836. The van der Waals surface area contributed by atoms with Crippen molar-refractivity contribution in [1.82, 2.24) is 19.6 Å². The van der Waals surface area contributed by atoms with E-state index in [0.717, 1.165) is 35.6 Å². The molecule has 2 aromatic rings. The number of rotatable bonds is 2. The van der Waals surface area contributed by atoms with Crippen LogP contribution in [0.5, 0.6) is 0 Å². The van der Waals surface area contributed by atoms with Gasteiger partial charge in [-0.2, -0.15) is 0 Å². The Balaban J connectivity index is 1.67. The molecule has 94 valence electrons. The molecule has 4 rings (SSSR count). The van der Waals surface area contributed by atoms with Crippen molar-refractivity contribution in [2.24, 2.45) is 17.8 Å². The van der Waals surface area contributed by atoms with Crippen LogP contribution < -0.4 is 0 Å². The molecular formula is C13H15ClN4. The smallest absolute Gasteiger partial charge is 0.180 e. The topological polar surface area (TPSA) is 43.1 Å². The molecule has 18 heavy (non-hydrogen) atoms. The van der Waals surface area contributed by atoms with Gasteiger partial charge in [0.25, 0.3) is 0 Å². The highest BCUT2D eigenvalue weighted by Gasteiger charge is 2.39. The second-order valence-corrected chi connectivity index (χ2v) is 6.07. The number of halogens is 1. The zero-order valence-electron chi connectivity index (χ0n) is 10.1. The molecule has 0 N–H and O–H groups in total. The lowest BCUT2D eigenvalue weighted by molar-refractivity contribution is 0.326. The number of fused-ring (bicyclic) bond motifs is 3. The Labute approximate surface area is 110 Å². The summed E-state index contributed by atoms with van der Waals surface area (Å²) in [5, 5.41) is 9.05. The first-order valence-electron chi connectivity index (χ1n) is 6.65. The largest absolute Gasteiger partial charge is 0.266 e. The molecule has 2 aromatic heterocycles. The van der Waals surface area contributed by atoms with Gasteiger partial charge in [0.05, 0.1) is 12.4 Å². The molecule has 2 heterocycles. The Morgan fingerprint density at radius 3 is 2.94 bits per heavy atom. The Hall–Kier alpha value is -1.16. The van der Waals surface area contributed by atoms with Crippen LogP contribution in [0.25, 0.3) is 5.65 Å². The molecular weight excluding hydrogens is 248 g/mol. The first-order valence-corrected chi connectivity index (χ1v) is 7.02. The zero-order valence-corrected chi connectivity index (χ0v) is 10.8. The van der Waals surface area contributed by atoms with E-state index in [4.69, 9.17) is 11.6 Å². The van der Waals surface area contributed by atoms with Crippen molar-refractivity contribution >= 4 is 17.2 Å². The maximum absolute atomic E-state index is 6.19. The average Bonchev–Trinajstić information content (AvgIpc) is 3.05. The summed E-state index contributed by atoms with van der Waals surface area (Å²) in [6.07, 6.45) is 10.0.